The molecule has 0 aliphatic rings. The number of anilines is 1. The lowest BCUT2D eigenvalue weighted by atomic mass is 10.1. The molecular weight excluding hydrogens is 300 g/mol. The Labute approximate surface area is 132 Å². The minimum Gasteiger partial charge on any atom is -0.331 e. The number of ketones is 1. The molecule has 1 heterocycles. The van der Waals surface area contributed by atoms with Crippen molar-refractivity contribution in [3.63, 3.8) is 0 Å². The van der Waals surface area contributed by atoms with Crippen LogP contribution in [0.5, 0.6) is 0 Å². The van der Waals surface area contributed by atoms with Gasteiger partial charge in [0, 0.05) is 17.4 Å². The predicted molar refractivity (Wildman–Crippen MR) is 87.5 cm³/mol. The van der Waals surface area contributed by atoms with Gasteiger partial charge in [0.1, 0.15) is 5.69 Å². The molecule has 0 fully saturated rings. The van der Waals surface area contributed by atoms with E-state index in [4.69, 9.17) is 12.2 Å². The van der Waals surface area contributed by atoms with E-state index in [2.05, 4.69) is 21.2 Å². The number of aromatic nitrogens is 1. The first-order valence-electron chi connectivity index (χ1n) is 6.45. The first kappa shape index (κ1) is 15.6. The van der Waals surface area contributed by atoms with Crippen molar-refractivity contribution in [2.45, 2.75) is 6.92 Å². The highest BCUT2D eigenvalue weighted by Gasteiger charge is 2.06. The second-order valence-corrected chi connectivity index (χ2v) is 4.79. The minimum atomic E-state index is -0.401. The van der Waals surface area contributed by atoms with Crippen LogP contribution in [-0.4, -0.2) is 21.8 Å². The van der Waals surface area contributed by atoms with Crippen molar-refractivity contribution < 1.29 is 9.59 Å². The van der Waals surface area contributed by atoms with Gasteiger partial charge in [0.05, 0.1) is 0 Å². The van der Waals surface area contributed by atoms with Crippen molar-refractivity contribution in [3.8, 4) is 0 Å². The first-order chi connectivity index (χ1) is 10.6. The number of Topliss-reactive ketones (excluding diaryl/α,β-unsaturated/α-hetero) is 1. The average Bonchev–Trinajstić information content (AvgIpc) is 2.53. The molecule has 2 rings (SSSR count). The Hall–Kier alpha value is -2.80. The Morgan fingerprint density at radius 3 is 2.59 bits per heavy atom. The van der Waals surface area contributed by atoms with Crippen LogP contribution in [0.1, 0.15) is 27.8 Å². The fraction of sp³-hybridized carbons (Fsp3) is 0.0667. The third kappa shape index (κ3) is 4.35. The van der Waals surface area contributed by atoms with Gasteiger partial charge >= 0.3 is 0 Å². The number of rotatable bonds is 3. The van der Waals surface area contributed by atoms with Crippen LogP contribution in [0.15, 0.2) is 48.7 Å². The molecule has 0 atom stereocenters. The maximum absolute atomic E-state index is 11.8. The number of amides is 1. The Bertz CT molecular complexity index is 704. The molecule has 0 aliphatic heterocycles. The predicted octanol–water partition coefficient (Wildman–Crippen LogP) is 1.92. The zero-order chi connectivity index (χ0) is 15.9. The van der Waals surface area contributed by atoms with Crippen molar-refractivity contribution in [3.05, 3.63) is 59.9 Å². The van der Waals surface area contributed by atoms with E-state index in [0.717, 1.165) is 0 Å². The van der Waals surface area contributed by atoms with E-state index in [1.54, 1.807) is 42.5 Å². The molecular formula is C15H14N4O2S. The highest BCUT2D eigenvalue weighted by Crippen LogP contribution is 2.10. The molecule has 6 nitrogen and oxygen atoms in total. The third-order valence-electron chi connectivity index (χ3n) is 2.71. The summed E-state index contributed by atoms with van der Waals surface area (Å²) in [7, 11) is 0. The zero-order valence-electron chi connectivity index (χ0n) is 11.8. The molecule has 1 aromatic heterocycles. The molecule has 0 saturated carbocycles. The SMILES string of the molecule is CC(=O)c1cccc(NC(=S)NNC(=O)c2ccccn2)c1. The molecule has 0 radical (unpaired) electrons. The Kier molecular flexibility index (Phi) is 5.16. The number of carbonyl (C=O) groups is 2. The van der Waals surface area contributed by atoms with Crippen LogP contribution in [-0.2, 0) is 0 Å². The Balaban J connectivity index is 1.89. The van der Waals surface area contributed by atoms with E-state index in [9.17, 15) is 9.59 Å². The molecule has 112 valence electrons. The number of hydrazine groups is 1. The molecule has 22 heavy (non-hydrogen) atoms. The summed E-state index contributed by atoms with van der Waals surface area (Å²) in [4.78, 5) is 27.0. The van der Waals surface area contributed by atoms with Crippen molar-refractivity contribution in [2.24, 2.45) is 0 Å². The van der Waals surface area contributed by atoms with Gasteiger partial charge < -0.3 is 5.32 Å². The van der Waals surface area contributed by atoms with Crippen LogP contribution < -0.4 is 16.2 Å². The molecule has 1 amide bonds. The summed E-state index contributed by atoms with van der Waals surface area (Å²) in [5.41, 5.74) is 6.51. The molecule has 3 N–H and O–H groups in total. The van der Waals surface area contributed by atoms with Gasteiger partial charge in [-0.3, -0.25) is 25.4 Å². The summed E-state index contributed by atoms with van der Waals surface area (Å²) in [6.45, 7) is 1.49. The Morgan fingerprint density at radius 2 is 1.91 bits per heavy atom. The molecule has 0 spiro atoms. The van der Waals surface area contributed by atoms with Gasteiger partial charge in [-0.1, -0.05) is 18.2 Å². The average molecular weight is 314 g/mol. The summed E-state index contributed by atoms with van der Waals surface area (Å²) in [6, 6.07) is 11.9. The lowest BCUT2D eigenvalue weighted by molar-refractivity contribution is 0.0938. The number of thiocarbonyl (C=S) groups is 1. The molecule has 1 aromatic carbocycles. The van der Waals surface area contributed by atoms with E-state index in [0.29, 0.717) is 11.3 Å². The quantitative estimate of drug-likeness (QED) is 0.456. The van der Waals surface area contributed by atoms with E-state index in [1.165, 1.54) is 13.1 Å². The highest BCUT2D eigenvalue weighted by atomic mass is 32.1. The topological polar surface area (TPSA) is 83.1 Å². The van der Waals surface area contributed by atoms with Gasteiger partial charge in [-0.2, -0.15) is 0 Å². The smallest absolute Gasteiger partial charge is 0.288 e. The van der Waals surface area contributed by atoms with Gasteiger partial charge in [0.15, 0.2) is 10.9 Å². The number of hydrogen-bond donors (Lipinski definition) is 3. The lowest BCUT2D eigenvalue weighted by Crippen LogP contribution is -2.44. The van der Waals surface area contributed by atoms with Crippen molar-refractivity contribution >= 4 is 34.7 Å². The van der Waals surface area contributed by atoms with Crippen LogP contribution in [0.3, 0.4) is 0 Å². The Morgan fingerprint density at radius 1 is 1.09 bits per heavy atom. The fourth-order valence-electron chi connectivity index (χ4n) is 1.65. The monoisotopic (exact) mass is 314 g/mol. The number of pyridine rings is 1. The van der Waals surface area contributed by atoms with E-state index in [-0.39, 0.29) is 16.6 Å². The van der Waals surface area contributed by atoms with E-state index >= 15 is 0 Å². The molecule has 0 aliphatic carbocycles. The molecule has 2 aromatic rings. The van der Waals surface area contributed by atoms with E-state index in [1.807, 2.05) is 0 Å². The van der Waals surface area contributed by atoms with E-state index < -0.39 is 5.91 Å². The van der Waals surface area contributed by atoms with Gasteiger partial charge in [0.2, 0.25) is 0 Å². The van der Waals surface area contributed by atoms with Gasteiger partial charge in [-0.25, -0.2) is 0 Å². The normalized spacial score (nSPS) is 9.68. The molecule has 0 saturated heterocycles. The third-order valence-corrected chi connectivity index (χ3v) is 2.92. The lowest BCUT2D eigenvalue weighted by Gasteiger charge is -2.11. The highest BCUT2D eigenvalue weighted by molar-refractivity contribution is 7.80. The number of benzene rings is 1. The van der Waals surface area contributed by atoms with Crippen LogP contribution in [0.4, 0.5) is 5.69 Å². The number of nitrogens with zero attached hydrogens (tertiary/aromatic N) is 1. The molecule has 0 unspecified atom stereocenters. The van der Waals surface area contributed by atoms with Gasteiger partial charge in [-0.15, -0.1) is 0 Å². The summed E-state index contributed by atoms with van der Waals surface area (Å²) in [5, 5.41) is 3.08. The van der Waals surface area contributed by atoms with Crippen LogP contribution in [0.2, 0.25) is 0 Å². The maximum atomic E-state index is 11.8. The second kappa shape index (κ2) is 7.28. The largest absolute Gasteiger partial charge is 0.331 e. The van der Waals surface area contributed by atoms with Crippen LogP contribution in [0, 0.1) is 0 Å². The van der Waals surface area contributed by atoms with Gasteiger partial charge in [0.25, 0.3) is 5.91 Å². The summed E-state index contributed by atoms with van der Waals surface area (Å²) < 4.78 is 0. The first-order valence-corrected chi connectivity index (χ1v) is 6.86. The van der Waals surface area contributed by atoms with Gasteiger partial charge in [-0.05, 0) is 43.4 Å². The molecule has 0 bridgehead atoms. The number of hydrogen-bond acceptors (Lipinski definition) is 4. The van der Waals surface area contributed by atoms with Crippen molar-refractivity contribution in [2.75, 3.05) is 5.32 Å². The molecule has 7 heteroatoms. The number of carbonyl (C=O) groups excluding carboxylic acids is 2. The fourth-order valence-corrected chi connectivity index (χ4v) is 1.82. The number of nitrogens with one attached hydrogen (secondary N) is 3. The summed E-state index contributed by atoms with van der Waals surface area (Å²) in [6.07, 6.45) is 1.53. The minimum absolute atomic E-state index is 0.0361. The van der Waals surface area contributed by atoms with Crippen LogP contribution >= 0.6 is 12.2 Å². The second-order valence-electron chi connectivity index (χ2n) is 4.39. The standard InChI is InChI=1S/C15H14N4O2S/c1-10(20)11-5-4-6-12(9-11)17-15(22)19-18-14(21)13-7-2-3-8-16-13/h2-9H,1H3,(H,18,21)(H2,17,19,22). The van der Waals surface area contributed by atoms with Crippen molar-refractivity contribution in [1.29, 1.82) is 0 Å². The summed E-state index contributed by atoms with van der Waals surface area (Å²) in [5.74, 6) is -0.437. The zero-order valence-corrected chi connectivity index (χ0v) is 12.6. The van der Waals surface area contributed by atoms with Crippen LogP contribution in [0.25, 0.3) is 0 Å². The van der Waals surface area contributed by atoms with Crippen molar-refractivity contribution in [1.82, 2.24) is 15.8 Å². The maximum Gasteiger partial charge on any atom is 0.288 e. The summed E-state index contributed by atoms with van der Waals surface area (Å²) >= 11 is 5.07.